The minimum atomic E-state index is -0.00660. The summed E-state index contributed by atoms with van der Waals surface area (Å²) in [6.45, 7) is 1.90. The lowest BCUT2D eigenvalue weighted by Crippen LogP contribution is -2.21. The Morgan fingerprint density at radius 2 is 2.29 bits per heavy atom. The third kappa shape index (κ3) is 3.49. The van der Waals surface area contributed by atoms with Crippen LogP contribution in [-0.2, 0) is 4.79 Å². The number of rotatable bonds is 3. The lowest BCUT2D eigenvalue weighted by molar-refractivity contribution is -0.115. The van der Waals surface area contributed by atoms with Gasteiger partial charge in [0.2, 0.25) is 5.91 Å². The van der Waals surface area contributed by atoms with Crippen molar-refractivity contribution in [3.05, 3.63) is 27.8 Å². The molecular formula is C10H12INOS. The number of anilines is 1. The molecule has 1 aromatic rings. The van der Waals surface area contributed by atoms with Gasteiger partial charge in [0, 0.05) is 9.26 Å². The summed E-state index contributed by atoms with van der Waals surface area (Å²) in [5.41, 5.74) is 0.864. The SMILES string of the molecule is CS[C@@H](C)C(=O)Nc1cccc(I)c1. The minimum absolute atomic E-state index is 0.00660. The van der Waals surface area contributed by atoms with E-state index in [9.17, 15) is 4.79 Å². The maximum absolute atomic E-state index is 11.5. The molecule has 1 atom stereocenters. The average molecular weight is 321 g/mol. The number of nitrogens with one attached hydrogen (secondary N) is 1. The van der Waals surface area contributed by atoms with Gasteiger partial charge in [-0.1, -0.05) is 6.07 Å². The first kappa shape index (κ1) is 11.8. The van der Waals surface area contributed by atoms with E-state index in [2.05, 4.69) is 27.9 Å². The zero-order valence-electron chi connectivity index (χ0n) is 8.08. The molecule has 76 valence electrons. The Morgan fingerprint density at radius 3 is 2.86 bits per heavy atom. The number of thioether (sulfide) groups is 1. The van der Waals surface area contributed by atoms with E-state index >= 15 is 0 Å². The van der Waals surface area contributed by atoms with Crippen molar-refractivity contribution in [1.82, 2.24) is 0 Å². The first-order valence-corrected chi connectivity index (χ1v) is 6.59. The molecule has 0 aromatic heterocycles. The number of benzene rings is 1. The van der Waals surface area contributed by atoms with E-state index in [1.165, 1.54) is 0 Å². The summed E-state index contributed by atoms with van der Waals surface area (Å²) < 4.78 is 1.12. The third-order valence-electron chi connectivity index (χ3n) is 1.81. The molecule has 0 aliphatic heterocycles. The van der Waals surface area contributed by atoms with E-state index in [0.29, 0.717) is 0 Å². The predicted molar refractivity (Wildman–Crippen MR) is 70.8 cm³/mol. The number of amides is 1. The molecule has 0 bridgehead atoms. The maximum atomic E-state index is 11.5. The molecular weight excluding hydrogens is 309 g/mol. The first-order valence-electron chi connectivity index (χ1n) is 4.22. The summed E-state index contributed by atoms with van der Waals surface area (Å²) in [5, 5.41) is 2.86. The molecule has 1 N–H and O–H groups in total. The van der Waals surface area contributed by atoms with Gasteiger partial charge in [0.25, 0.3) is 0 Å². The zero-order chi connectivity index (χ0) is 10.6. The average Bonchev–Trinajstić information content (AvgIpc) is 2.16. The fourth-order valence-corrected chi connectivity index (χ4v) is 1.73. The zero-order valence-corrected chi connectivity index (χ0v) is 11.1. The second kappa shape index (κ2) is 5.60. The van der Waals surface area contributed by atoms with Gasteiger partial charge in [-0.25, -0.2) is 0 Å². The fraction of sp³-hybridized carbons (Fsp3) is 0.300. The molecule has 0 saturated carbocycles. The first-order chi connectivity index (χ1) is 6.63. The van der Waals surface area contributed by atoms with Crippen LogP contribution in [0.1, 0.15) is 6.92 Å². The molecule has 0 fully saturated rings. The lowest BCUT2D eigenvalue weighted by atomic mass is 10.3. The number of carbonyl (C=O) groups is 1. The number of hydrogen-bond acceptors (Lipinski definition) is 2. The van der Waals surface area contributed by atoms with E-state index in [1.54, 1.807) is 11.8 Å². The molecule has 0 saturated heterocycles. The van der Waals surface area contributed by atoms with Gasteiger partial charge in [-0.15, -0.1) is 0 Å². The summed E-state index contributed by atoms with van der Waals surface area (Å²) >= 11 is 3.76. The molecule has 0 aliphatic rings. The molecule has 0 aliphatic carbocycles. The molecule has 1 rings (SSSR count). The van der Waals surface area contributed by atoms with Gasteiger partial charge < -0.3 is 5.32 Å². The van der Waals surface area contributed by atoms with Crippen molar-refractivity contribution >= 4 is 45.9 Å². The molecule has 0 radical (unpaired) electrons. The predicted octanol–water partition coefficient (Wildman–Crippen LogP) is 2.98. The second-order valence-electron chi connectivity index (χ2n) is 2.88. The van der Waals surface area contributed by atoms with Crippen LogP contribution in [0.5, 0.6) is 0 Å². The highest BCUT2D eigenvalue weighted by Gasteiger charge is 2.10. The van der Waals surface area contributed by atoms with Crippen LogP contribution in [0.3, 0.4) is 0 Å². The van der Waals surface area contributed by atoms with Crippen molar-refractivity contribution in [3.8, 4) is 0 Å². The summed E-state index contributed by atoms with van der Waals surface area (Å²) in [6.07, 6.45) is 1.93. The highest BCUT2D eigenvalue weighted by molar-refractivity contribution is 14.1. The number of carbonyl (C=O) groups excluding carboxylic acids is 1. The van der Waals surface area contributed by atoms with E-state index in [0.717, 1.165) is 9.26 Å². The summed E-state index contributed by atoms with van der Waals surface area (Å²) in [5.74, 6) is 0.0551. The van der Waals surface area contributed by atoms with E-state index in [-0.39, 0.29) is 11.2 Å². The Bertz CT molecular complexity index is 330. The van der Waals surface area contributed by atoms with Crippen molar-refractivity contribution in [2.75, 3.05) is 11.6 Å². The van der Waals surface area contributed by atoms with Gasteiger partial charge >= 0.3 is 0 Å². The van der Waals surface area contributed by atoms with Crippen LogP contribution in [0.2, 0.25) is 0 Å². The summed E-state index contributed by atoms with van der Waals surface area (Å²) in [4.78, 5) is 11.5. The molecule has 14 heavy (non-hydrogen) atoms. The van der Waals surface area contributed by atoms with Gasteiger partial charge in [0.05, 0.1) is 5.25 Å². The monoisotopic (exact) mass is 321 g/mol. The van der Waals surface area contributed by atoms with Crippen LogP contribution in [-0.4, -0.2) is 17.4 Å². The second-order valence-corrected chi connectivity index (χ2v) is 5.30. The van der Waals surface area contributed by atoms with Crippen molar-refractivity contribution in [3.63, 3.8) is 0 Å². The van der Waals surface area contributed by atoms with Crippen LogP contribution in [0.4, 0.5) is 5.69 Å². The van der Waals surface area contributed by atoms with E-state index in [4.69, 9.17) is 0 Å². The van der Waals surface area contributed by atoms with Crippen LogP contribution >= 0.6 is 34.4 Å². The smallest absolute Gasteiger partial charge is 0.237 e. The molecule has 0 unspecified atom stereocenters. The Labute approximate surface area is 102 Å². The maximum Gasteiger partial charge on any atom is 0.237 e. The lowest BCUT2D eigenvalue weighted by Gasteiger charge is -2.09. The van der Waals surface area contributed by atoms with Gasteiger partial charge in [-0.3, -0.25) is 4.79 Å². The topological polar surface area (TPSA) is 29.1 Å². The molecule has 1 aromatic carbocycles. The third-order valence-corrected chi connectivity index (χ3v) is 3.41. The van der Waals surface area contributed by atoms with Crippen LogP contribution in [0, 0.1) is 3.57 Å². The highest BCUT2D eigenvalue weighted by Crippen LogP contribution is 2.14. The Balaban J connectivity index is 2.65. The Morgan fingerprint density at radius 1 is 1.57 bits per heavy atom. The molecule has 2 nitrogen and oxygen atoms in total. The fourth-order valence-electron chi connectivity index (χ4n) is 0.917. The van der Waals surface area contributed by atoms with Gasteiger partial charge in [0.1, 0.15) is 0 Å². The van der Waals surface area contributed by atoms with Gasteiger partial charge in [0.15, 0.2) is 0 Å². The van der Waals surface area contributed by atoms with Gasteiger partial charge in [-0.05, 0) is 54.0 Å². The molecule has 0 heterocycles. The quantitative estimate of drug-likeness (QED) is 0.867. The van der Waals surface area contributed by atoms with Crippen molar-refractivity contribution < 1.29 is 4.79 Å². The normalized spacial score (nSPS) is 12.2. The van der Waals surface area contributed by atoms with Crippen LogP contribution < -0.4 is 5.32 Å². The molecule has 0 spiro atoms. The summed E-state index contributed by atoms with van der Waals surface area (Å²) in [6, 6.07) is 7.77. The largest absolute Gasteiger partial charge is 0.325 e. The van der Waals surface area contributed by atoms with E-state index in [1.807, 2.05) is 37.4 Å². The molecule has 1 amide bonds. The van der Waals surface area contributed by atoms with Crippen LogP contribution in [0.25, 0.3) is 0 Å². The van der Waals surface area contributed by atoms with Crippen molar-refractivity contribution in [2.45, 2.75) is 12.2 Å². The van der Waals surface area contributed by atoms with Crippen LogP contribution in [0.15, 0.2) is 24.3 Å². The van der Waals surface area contributed by atoms with Gasteiger partial charge in [-0.2, -0.15) is 11.8 Å². The highest BCUT2D eigenvalue weighted by atomic mass is 127. The standard InChI is InChI=1S/C10H12INOS/c1-7(14-2)10(13)12-9-5-3-4-8(11)6-9/h3-7H,1-2H3,(H,12,13)/t7-/m0/s1. The van der Waals surface area contributed by atoms with Crippen molar-refractivity contribution in [2.24, 2.45) is 0 Å². The molecule has 4 heteroatoms. The Kier molecular flexibility index (Phi) is 4.74. The van der Waals surface area contributed by atoms with Crippen molar-refractivity contribution in [1.29, 1.82) is 0 Å². The van der Waals surface area contributed by atoms with E-state index < -0.39 is 0 Å². The minimum Gasteiger partial charge on any atom is -0.325 e. The summed E-state index contributed by atoms with van der Waals surface area (Å²) in [7, 11) is 0. The number of hydrogen-bond donors (Lipinski definition) is 1. The Hall–Kier alpha value is -0.230. The number of halogens is 1.